The fourth-order valence-electron chi connectivity index (χ4n) is 5.74. The quantitative estimate of drug-likeness (QED) is 0.313. The van der Waals surface area contributed by atoms with Gasteiger partial charge in [-0.05, 0) is 55.9 Å². The van der Waals surface area contributed by atoms with Gasteiger partial charge in [0.1, 0.15) is 17.1 Å². The second-order valence-electron chi connectivity index (χ2n) is 10.9. The molecule has 1 aromatic heterocycles. The van der Waals surface area contributed by atoms with Crippen molar-refractivity contribution >= 4 is 27.6 Å². The van der Waals surface area contributed by atoms with Crippen molar-refractivity contribution in [3.05, 3.63) is 64.9 Å². The van der Waals surface area contributed by atoms with Crippen LogP contribution >= 0.6 is 0 Å². The molecule has 9 nitrogen and oxygen atoms in total. The van der Waals surface area contributed by atoms with E-state index in [1.165, 1.54) is 6.07 Å². The fraction of sp³-hybridized carbons (Fsp3) is 0.419. The van der Waals surface area contributed by atoms with Crippen molar-refractivity contribution < 1.29 is 17.7 Å². The Morgan fingerprint density at radius 1 is 1.12 bits per heavy atom. The number of benzene rings is 2. The summed E-state index contributed by atoms with van der Waals surface area (Å²) in [6.07, 6.45) is 6.44. The molecule has 0 radical (unpaired) electrons. The van der Waals surface area contributed by atoms with E-state index in [0.29, 0.717) is 34.6 Å². The summed E-state index contributed by atoms with van der Waals surface area (Å²) in [5.74, 6) is 1.60. The lowest BCUT2D eigenvalue weighted by Crippen LogP contribution is -2.40. The third-order valence-electron chi connectivity index (χ3n) is 8.12. The number of hydrogen-bond donors (Lipinski definition) is 1. The van der Waals surface area contributed by atoms with E-state index in [1.807, 2.05) is 23.1 Å². The Hall–Kier alpha value is -3.97. The van der Waals surface area contributed by atoms with Gasteiger partial charge in [-0.15, -0.1) is 0 Å². The first kappa shape index (κ1) is 28.6. The summed E-state index contributed by atoms with van der Waals surface area (Å²) >= 11 is 0. The minimum atomic E-state index is -4.02. The van der Waals surface area contributed by atoms with Crippen LogP contribution in [0.25, 0.3) is 11.1 Å². The van der Waals surface area contributed by atoms with Crippen LogP contribution in [0.5, 0.6) is 0 Å². The Morgan fingerprint density at radius 3 is 2.56 bits per heavy atom. The minimum Gasteiger partial charge on any atom is -0.359 e. The lowest BCUT2D eigenvalue weighted by Gasteiger charge is -2.23. The first-order valence-electron chi connectivity index (χ1n) is 14.1. The lowest BCUT2D eigenvalue weighted by atomic mass is 9.95. The van der Waals surface area contributed by atoms with Gasteiger partial charge in [-0.1, -0.05) is 67.7 Å². The Labute approximate surface area is 241 Å². The highest BCUT2D eigenvalue weighted by Crippen LogP contribution is 2.40. The molecule has 1 amide bonds. The molecule has 0 bridgehead atoms. The predicted octanol–water partition coefficient (Wildman–Crippen LogP) is 6.07. The number of amidine groups is 1. The van der Waals surface area contributed by atoms with Gasteiger partial charge in [-0.2, -0.15) is 5.26 Å². The van der Waals surface area contributed by atoms with Crippen molar-refractivity contribution in [2.75, 3.05) is 4.72 Å². The van der Waals surface area contributed by atoms with Crippen LogP contribution in [0, 0.1) is 25.2 Å². The predicted molar refractivity (Wildman–Crippen MR) is 157 cm³/mol. The molecule has 3 aromatic rings. The Kier molecular flexibility index (Phi) is 8.00. The zero-order valence-electron chi connectivity index (χ0n) is 23.7. The maximum atomic E-state index is 13.6. The van der Waals surface area contributed by atoms with Gasteiger partial charge in [-0.25, -0.2) is 8.42 Å². The van der Waals surface area contributed by atoms with E-state index >= 15 is 0 Å². The summed E-state index contributed by atoms with van der Waals surface area (Å²) in [6, 6.07) is 14.6. The largest absolute Gasteiger partial charge is 0.359 e. The van der Waals surface area contributed by atoms with Crippen LogP contribution in [0.15, 0.2) is 56.9 Å². The van der Waals surface area contributed by atoms with Gasteiger partial charge in [0.05, 0.1) is 23.9 Å². The number of nitrogens with zero attached hydrogens (tertiary/aromatic N) is 4. The molecule has 10 heteroatoms. The smallest absolute Gasteiger partial charge is 0.263 e. The van der Waals surface area contributed by atoms with Crippen LogP contribution < -0.4 is 4.72 Å². The zero-order chi connectivity index (χ0) is 29.2. The number of nitriles is 1. The Balaban J connectivity index is 1.48. The number of carbonyl (C=O) groups is 1. The van der Waals surface area contributed by atoms with Crippen LogP contribution in [0.3, 0.4) is 0 Å². The molecule has 2 aromatic carbocycles. The molecule has 1 fully saturated rings. The van der Waals surface area contributed by atoms with E-state index in [0.717, 1.165) is 56.3 Å². The number of carbonyl (C=O) groups excluding carboxylic acids is 1. The zero-order valence-corrected chi connectivity index (χ0v) is 24.6. The van der Waals surface area contributed by atoms with E-state index < -0.39 is 15.6 Å². The highest BCUT2D eigenvalue weighted by Gasteiger charge is 2.49. The third kappa shape index (κ3) is 5.51. The average molecular weight is 574 g/mol. The Bertz CT molecular complexity index is 1640. The van der Waals surface area contributed by atoms with Crippen molar-refractivity contribution in [1.82, 2.24) is 10.1 Å². The second-order valence-corrected chi connectivity index (χ2v) is 12.6. The molecular weight excluding hydrogens is 538 g/mol. The van der Waals surface area contributed by atoms with E-state index in [1.54, 1.807) is 32.0 Å². The summed E-state index contributed by atoms with van der Waals surface area (Å²) in [4.78, 5) is 20.5. The molecule has 214 valence electrons. The van der Waals surface area contributed by atoms with Crippen LogP contribution in [0.1, 0.15) is 74.3 Å². The van der Waals surface area contributed by atoms with Crippen LogP contribution in [-0.4, -0.2) is 35.8 Å². The van der Waals surface area contributed by atoms with Gasteiger partial charge in [0, 0.05) is 17.5 Å². The highest BCUT2D eigenvalue weighted by atomic mass is 32.2. The number of hydrogen-bond acceptors (Lipinski definition) is 7. The van der Waals surface area contributed by atoms with Crippen LogP contribution in [0.2, 0.25) is 0 Å². The number of unbranched alkanes of at least 4 members (excludes halogenated alkanes) is 1. The van der Waals surface area contributed by atoms with Crippen LogP contribution in [0.4, 0.5) is 5.82 Å². The van der Waals surface area contributed by atoms with Crippen LogP contribution in [-0.2, 0) is 27.8 Å². The minimum absolute atomic E-state index is 0.0684. The van der Waals surface area contributed by atoms with Gasteiger partial charge in [-0.3, -0.25) is 19.4 Å². The Morgan fingerprint density at radius 2 is 1.88 bits per heavy atom. The first-order chi connectivity index (χ1) is 19.7. The number of rotatable bonds is 10. The maximum Gasteiger partial charge on any atom is 0.263 e. The molecule has 41 heavy (non-hydrogen) atoms. The van der Waals surface area contributed by atoms with E-state index in [2.05, 4.69) is 22.9 Å². The standard InChI is InChI=1S/C31H35N5O4S/c1-4-5-12-28-33-31(16-8-9-17-31)30(37)36(28)20-23-13-14-25(24(19-23)15-18-32)26-10-6-7-11-27(26)41(38,39)35-29-21(2)22(3)40-34-29/h6-7,10-11,13-14,19H,4-5,8-9,12,15-17,20H2,1-3H3,(H,34,35). The summed E-state index contributed by atoms with van der Waals surface area (Å²) in [5, 5.41) is 13.5. The molecule has 0 saturated heterocycles. The van der Waals surface area contributed by atoms with Crippen molar-refractivity contribution in [1.29, 1.82) is 5.26 Å². The van der Waals surface area contributed by atoms with E-state index in [-0.39, 0.29) is 23.0 Å². The van der Waals surface area contributed by atoms with Gasteiger partial charge >= 0.3 is 0 Å². The maximum absolute atomic E-state index is 13.6. The molecule has 1 N–H and O–H groups in total. The SMILES string of the molecule is CCCCC1=NC2(CCCC2)C(=O)N1Cc1ccc(-c2ccccc2S(=O)(=O)Nc2noc(C)c2C)c(CC#N)c1. The fourth-order valence-corrected chi connectivity index (χ4v) is 7.02. The normalized spacial score (nSPS) is 16.3. The van der Waals surface area contributed by atoms with Crippen molar-refractivity contribution in [2.45, 2.75) is 89.1 Å². The third-order valence-corrected chi connectivity index (χ3v) is 9.51. The molecule has 1 saturated carbocycles. The highest BCUT2D eigenvalue weighted by molar-refractivity contribution is 7.92. The molecule has 1 aliphatic carbocycles. The molecule has 0 atom stereocenters. The number of aromatic nitrogens is 1. The van der Waals surface area contributed by atoms with E-state index in [9.17, 15) is 18.5 Å². The first-order valence-corrected chi connectivity index (χ1v) is 15.6. The van der Waals surface area contributed by atoms with Crippen molar-refractivity contribution in [2.24, 2.45) is 4.99 Å². The molecule has 1 spiro atoms. The van der Waals surface area contributed by atoms with Crippen molar-refractivity contribution in [3.63, 3.8) is 0 Å². The molecule has 2 aliphatic rings. The monoisotopic (exact) mass is 573 g/mol. The van der Waals surface area contributed by atoms with Gasteiger partial charge in [0.15, 0.2) is 5.82 Å². The van der Waals surface area contributed by atoms with Gasteiger partial charge in [0.2, 0.25) is 0 Å². The molecule has 2 heterocycles. The number of aryl methyl sites for hydroxylation is 1. The van der Waals surface area contributed by atoms with Gasteiger partial charge < -0.3 is 4.52 Å². The summed E-state index contributed by atoms with van der Waals surface area (Å²) < 4.78 is 34.6. The average Bonchev–Trinajstić information content (AvgIpc) is 3.63. The molecule has 0 unspecified atom stereocenters. The van der Waals surface area contributed by atoms with Gasteiger partial charge in [0.25, 0.3) is 15.9 Å². The topological polar surface area (TPSA) is 129 Å². The molecule has 1 aliphatic heterocycles. The number of sulfonamides is 1. The van der Waals surface area contributed by atoms with E-state index in [4.69, 9.17) is 9.52 Å². The molecular formula is C31H35N5O4S. The number of aliphatic imine (C=N–C) groups is 1. The molecule has 5 rings (SSSR count). The number of amides is 1. The second kappa shape index (κ2) is 11.5. The number of anilines is 1. The van der Waals surface area contributed by atoms with Crippen molar-refractivity contribution in [3.8, 4) is 17.2 Å². The summed E-state index contributed by atoms with van der Waals surface area (Å²) in [6.45, 7) is 5.94. The number of nitrogens with one attached hydrogen (secondary N) is 1. The lowest BCUT2D eigenvalue weighted by molar-refractivity contribution is -0.131. The summed E-state index contributed by atoms with van der Waals surface area (Å²) in [7, 11) is -4.02. The summed E-state index contributed by atoms with van der Waals surface area (Å²) in [5.41, 5.74) is 2.68.